The van der Waals surface area contributed by atoms with Crippen LogP contribution in [-0.2, 0) is 4.74 Å². The van der Waals surface area contributed by atoms with E-state index in [2.05, 4.69) is 0 Å². The number of ether oxygens (including phenoxy) is 1. The minimum absolute atomic E-state index is 0.149. The Morgan fingerprint density at radius 2 is 2.38 bits per heavy atom. The highest BCUT2D eigenvalue weighted by Crippen LogP contribution is 2.09. The molecule has 1 unspecified atom stereocenters. The van der Waals surface area contributed by atoms with Gasteiger partial charge in [0.2, 0.25) is 0 Å². The van der Waals surface area contributed by atoms with Crippen molar-refractivity contribution in [3.8, 4) is 0 Å². The summed E-state index contributed by atoms with van der Waals surface area (Å²) in [5.41, 5.74) is 0.485. The molecule has 1 atom stereocenters. The first-order chi connectivity index (χ1) is 3.93. The lowest BCUT2D eigenvalue weighted by atomic mass is 10.2. The fourth-order valence-electron chi connectivity index (χ4n) is 0.873. The van der Waals surface area contributed by atoms with Crippen molar-refractivity contribution in [2.45, 2.75) is 25.0 Å². The van der Waals surface area contributed by atoms with Crippen molar-refractivity contribution in [1.82, 2.24) is 0 Å². The first-order valence-electron chi connectivity index (χ1n) is 3.00. The highest BCUT2D eigenvalue weighted by atomic mass is 32.2. The summed E-state index contributed by atoms with van der Waals surface area (Å²) in [4.78, 5) is 0. The lowest BCUT2D eigenvalue weighted by Crippen LogP contribution is -2.20. The van der Waals surface area contributed by atoms with Crippen LogP contribution in [0.5, 0.6) is 0 Å². The van der Waals surface area contributed by atoms with Gasteiger partial charge in [-0.2, -0.15) is 0 Å². The van der Waals surface area contributed by atoms with E-state index in [-0.39, 0.29) is 8.23 Å². The fourth-order valence-corrected chi connectivity index (χ4v) is 2.10. The van der Waals surface area contributed by atoms with Crippen LogP contribution in [0.2, 0.25) is 0 Å². The molecule has 1 aliphatic heterocycles. The van der Waals surface area contributed by atoms with Gasteiger partial charge in [0.15, 0.2) is 0 Å². The Morgan fingerprint density at radius 1 is 1.50 bits per heavy atom. The Kier molecular flexibility index (Phi) is 2.79. The molecule has 0 N–H and O–H groups in total. The van der Waals surface area contributed by atoms with Gasteiger partial charge in [-0.25, -0.2) is 0 Å². The minimum Gasteiger partial charge on any atom is -0.377 e. The largest absolute Gasteiger partial charge is 0.377 e. The van der Waals surface area contributed by atoms with E-state index in [1.807, 2.05) is 0 Å². The van der Waals surface area contributed by atoms with Gasteiger partial charge >= 0.3 is 0 Å². The van der Waals surface area contributed by atoms with Crippen LogP contribution in [-0.4, -0.2) is 20.6 Å². The fraction of sp³-hybridized carbons (Fsp3) is 1.00. The van der Waals surface area contributed by atoms with Crippen molar-refractivity contribution in [3.05, 3.63) is 0 Å². The summed E-state index contributed by atoms with van der Waals surface area (Å²) in [5, 5.41) is 0. The molecule has 1 heterocycles. The smallest absolute Gasteiger partial charge is 0.110 e. The van der Waals surface area contributed by atoms with Crippen LogP contribution in [0.3, 0.4) is 0 Å². The predicted molar refractivity (Wildman–Crippen MR) is 38.3 cm³/mol. The monoisotopic (exact) mass is 146 g/mol. The van der Waals surface area contributed by atoms with Crippen molar-refractivity contribution < 1.29 is 4.74 Å². The van der Waals surface area contributed by atoms with Crippen molar-refractivity contribution >= 4 is 19.9 Å². The molecule has 0 aromatic heterocycles. The molecule has 0 spiro atoms. The van der Waals surface area contributed by atoms with Crippen LogP contribution in [0.15, 0.2) is 0 Å². The molecule has 1 saturated heterocycles. The quantitative estimate of drug-likeness (QED) is 0.512. The third-order valence-corrected chi connectivity index (χ3v) is 3.11. The highest BCUT2D eigenvalue weighted by Gasteiger charge is 2.09. The van der Waals surface area contributed by atoms with Crippen LogP contribution < -0.4 is 0 Å². The molecule has 0 aliphatic carbocycles. The average molecular weight is 146 g/mol. The van der Waals surface area contributed by atoms with Crippen LogP contribution in [0.1, 0.15) is 19.3 Å². The van der Waals surface area contributed by atoms with Crippen molar-refractivity contribution in [3.63, 3.8) is 0 Å². The molecule has 1 fully saturated rings. The first-order valence-corrected chi connectivity index (χ1v) is 5.55. The van der Waals surface area contributed by atoms with Crippen LogP contribution in [0.25, 0.3) is 0 Å². The molecule has 0 saturated carbocycles. The summed E-state index contributed by atoms with van der Waals surface area (Å²) in [7, 11) is 0.149. The van der Waals surface area contributed by atoms with E-state index >= 15 is 0 Å². The first kappa shape index (κ1) is 6.52. The molecular weight excluding hydrogens is 136 g/mol. The maximum absolute atomic E-state index is 5.36. The van der Waals surface area contributed by atoms with Gasteiger partial charge < -0.3 is 4.74 Å². The summed E-state index contributed by atoms with van der Waals surface area (Å²) in [6.45, 7) is 0.953. The molecule has 0 aromatic carbocycles. The summed E-state index contributed by atoms with van der Waals surface area (Å²) < 4.78 is 5.36. The molecule has 8 heavy (non-hydrogen) atoms. The van der Waals surface area contributed by atoms with E-state index in [9.17, 15) is 0 Å². The molecule has 0 radical (unpaired) electrons. The molecule has 1 aliphatic rings. The Morgan fingerprint density at radius 3 is 2.75 bits per heavy atom. The second-order valence-electron chi connectivity index (χ2n) is 2.04. The standard InChI is InChI=1S/C5H10OSSi/c7-8-5-3-1-2-4-6-5/h5,8H,1-4H2. The Bertz CT molecular complexity index is 80.5. The van der Waals surface area contributed by atoms with E-state index in [0.717, 1.165) is 6.61 Å². The van der Waals surface area contributed by atoms with Gasteiger partial charge in [-0.05, 0) is 19.3 Å². The predicted octanol–water partition coefficient (Wildman–Crippen LogP) is 1.06. The van der Waals surface area contributed by atoms with Gasteiger partial charge in [-0.3, -0.25) is 0 Å². The lowest BCUT2D eigenvalue weighted by molar-refractivity contribution is 0.0671. The third-order valence-electron chi connectivity index (χ3n) is 1.37. The molecule has 0 amide bonds. The number of rotatable bonds is 1. The Labute approximate surface area is 56.8 Å². The molecule has 1 nitrogen and oxygen atoms in total. The number of hydrogen-bond donors (Lipinski definition) is 0. The molecular formula is C5H10OSSi. The van der Waals surface area contributed by atoms with Crippen LogP contribution in [0.4, 0.5) is 0 Å². The highest BCUT2D eigenvalue weighted by molar-refractivity contribution is 7.86. The van der Waals surface area contributed by atoms with E-state index in [1.165, 1.54) is 19.3 Å². The van der Waals surface area contributed by atoms with Gasteiger partial charge in [0.05, 0.1) is 5.73 Å². The zero-order valence-electron chi connectivity index (χ0n) is 4.80. The van der Waals surface area contributed by atoms with E-state index < -0.39 is 0 Å². The molecule has 3 heteroatoms. The van der Waals surface area contributed by atoms with Crippen molar-refractivity contribution in [1.29, 1.82) is 0 Å². The molecule has 0 bridgehead atoms. The SMILES string of the molecule is S=[SiH]C1CCCCO1. The summed E-state index contributed by atoms with van der Waals surface area (Å²) >= 11 is 4.93. The molecule has 46 valence electrons. The summed E-state index contributed by atoms with van der Waals surface area (Å²) in [6.07, 6.45) is 3.79. The molecule has 0 aromatic rings. The second-order valence-corrected chi connectivity index (χ2v) is 3.87. The number of hydrogen-bond acceptors (Lipinski definition) is 2. The van der Waals surface area contributed by atoms with E-state index in [1.54, 1.807) is 0 Å². The van der Waals surface area contributed by atoms with Crippen molar-refractivity contribution in [2.24, 2.45) is 0 Å². The zero-order chi connectivity index (χ0) is 5.82. The summed E-state index contributed by atoms with van der Waals surface area (Å²) in [5.74, 6) is 0. The Hall–Kier alpha value is 0.397. The van der Waals surface area contributed by atoms with Crippen LogP contribution >= 0.6 is 11.6 Å². The van der Waals surface area contributed by atoms with Gasteiger partial charge in [-0.1, -0.05) is 0 Å². The van der Waals surface area contributed by atoms with Crippen LogP contribution in [0, 0.1) is 0 Å². The van der Waals surface area contributed by atoms with E-state index in [0.29, 0.717) is 5.73 Å². The lowest BCUT2D eigenvalue weighted by Gasteiger charge is -2.17. The second kappa shape index (κ2) is 3.43. The van der Waals surface area contributed by atoms with E-state index in [4.69, 9.17) is 16.4 Å². The molecule has 1 rings (SSSR count). The van der Waals surface area contributed by atoms with Crippen molar-refractivity contribution in [2.75, 3.05) is 6.61 Å². The van der Waals surface area contributed by atoms with Gasteiger partial charge in [0.1, 0.15) is 8.23 Å². The third kappa shape index (κ3) is 1.72. The van der Waals surface area contributed by atoms with Gasteiger partial charge in [-0.15, -0.1) is 11.6 Å². The summed E-state index contributed by atoms with van der Waals surface area (Å²) in [6, 6.07) is 0. The maximum Gasteiger partial charge on any atom is 0.110 e. The van der Waals surface area contributed by atoms with Gasteiger partial charge in [0.25, 0.3) is 0 Å². The normalized spacial score (nSPS) is 29.8. The van der Waals surface area contributed by atoms with Gasteiger partial charge in [0, 0.05) is 6.61 Å². The average Bonchev–Trinajstić information content (AvgIpc) is 1.90. The topological polar surface area (TPSA) is 9.23 Å². The Balaban J connectivity index is 2.22. The maximum atomic E-state index is 5.36. The zero-order valence-corrected chi connectivity index (χ0v) is 6.77. The minimum atomic E-state index is 0.149.